The first kappa shape index (κ1) is 25.4. The summed E-state index contributed by atoms with van der Waals surface area (Å²) in [7, 11) is -2.29. The van der Waals surface area contributed by atoms with E-state index in [1.807, 2.05) is 0 Å². The molecule has 1 aromatic carbocycles. The minimum Gasteiger partial charge on any atom is -0.442 e. The van der Waals surface area contributed by atoms with Crippen LogP contribution in [-0.2, 0) is 9.16 Å². The van der Waals surface area contributed by atoms with E-state index in [-0.39, 0.29) is 27.5 Å². The number of hydrogen-bond acceptors (Lipinski definition) is 6. The number of nitro benzene ring substituents is 1. The summed E-state index contributed by atoms with van der Waals surface area (Å²) in [6, 6.07) is 4.41. The van der Waals surface area contributed by atoms with Gasteiger partial charge in [0.05, 0.1) is 4.92 Å². The summed E-state index contributed by atoms with van der Waals surface area (Å²) in [4.78, 5) is 25.4. The zero-order valence-corrected chi connectivity index (χ0v) is 21.0. The number of piperidine rings is 1. The van der Waals surface area contributed by atoms with E-state index in [0.29, 0.717) is 13.1 Å². The summed E-state index contributed by atoms with van der Waals surface area (Å²) >= 11 is 5.95. The van der Waals surface area contributed by atoms with E-state index in [2.05, 4.69) is 39.2 Å². The Morgan fingerprint density at radius 2 is 1.87 bits per heavy atom. The summed E-state index contributed by atoms with van der Waals surface area (Å²) in [5.74, 6) is 0. The number of nitro groups is 1. The molecule has 1 aromatic rings. The number of benzene rings is 1. The van der Waals surface area contributed by atoms with E-state index in [0.717, 1.165) is 19.3 Å². The van der Waals surface area contributed by atoms with Crippen LogP contribution in [0, 0.1) is 10.1 Å². The van der Waals surface area contributed by atoms with Gasteiger partial charge in [0, 0.05) is 24.2 Å². The van der Waals surface area contributed by atoms with Crippen LogP contribution in [0.5, 0.6) is 0 Å². The number of anilines is 1. The standard InChI is InChI=1S/C21H34ClN3O5Si/c1-15(29-20(26)24-12-8-7-9-13-24)19(30-31(5,6)21(2,3)4)23-17-11-10-16(22)14-18(17)25(27)28/h10-11,14-15,19,23H,7-9,12-13H2,1-6H3/t15-,19+/m1/s1. The summed E-state index contributed by atoms with van der Waals surface area (Å²) in [5, 5.41) is 14.8. The third-order valence-electron chi connectivity index (χ3n) is 6.01. The fraction of sp³-hybridized carbons (Fsp3) is 0.667. The third kappa shape index (κ3) is 6.82. The molecule has 1 N–H and O–H groups in total. The minimum atomic E-state index is -2.29. The van der Waals surface area contributed by atoms with Crippen molar-refractivity contribution in [1.82, 2.24) is 4.90 Å². The van der Waals surface area contributed by atoms with Crippen LogP contribution in [0.3, 0.4) is 0 Å². The molecule has 1 amide bonds. The quantitative estimate of drug-likeness (QED) is 0.226. The number of hydrogen-bond donors (Lipinski definition) is 1. The Bertz CT molecular complexity index is 794. The van der Waals surface area contributed by atoms with Crippen LogP contribution in [-0.4, -0.2) is 49.7 Å². The summed E-state index contributed by atoms with van der Waals surface area (Å²) < 4.78 is 12.2. The molecule has 1 heterocycles. The van der Waals surface area contributed by atoms with Crippen LogP contribution in [0.4, 0.5) is 16.2 Å². The Hall–Kier alpha value is -1.84. The molecule has 0 radical (unpaired) electrons. The number of nitrogens with zero attached hydrogens (tertiary/aromatic N) is 2. The van der Waals surface area contributed by atoms with Gasteiger partial charge < -0.3 is 19.4 Å². The van der Waals surface area contributed by atoms with Gasteiger partial charge in [-0.05, 0) is 56.5 Å². The van der Waals surface area contributed by atoms with E-state index >= 15 is 0 Å². The van der Waals surface area contributed by atoms with E-state index < -0.39 is 25.6 Å². The molecule has 0 bridgehead atoms. The van der Waals surface area contributed by atoms with Gasteiger partial charge >= 0.3 is 6.09 Å². The number of amides is 1. The van der Waals surface area contributed by atoms with Crippen molar-refractivity contribution in [3.8, 4) is 0 Å². The summed E-state index contributed by atoms with van der Waals surface area (Å²) in [6.45, 7) is 13.6. The van der Waals surface area contributed by atoms with Gasteiger partial charge in [-0.3, -0.25) is 10.1 Å². The van der Waals surface area contributed by atoms with Crippen molar-refractivity contribution >= 4 is 37.4 Å². The normalized spacial score (nSPS) is 17.1. The van der Waals surface area contributed by atoms with Crippen LogP contribution in [0.25, 0.3) is 0 Å². The molecular formula is C21H34ClN3O5Si. The average Bonchev–Trinajstić information content (AvgIpc) is 2.68. The second-order valence-corrected chi connectivity index (χ2v) is 14.7. The van der Waals surface area contributed by atoms with Gasteiger partial charge in [-0.2, -0.15) is 0 Å². The summed E-state index contributed by atoms with van der Waals surface area (Å²) in [6.07, 6.45) is 1.22. The van der Waals surface area contributed by atoms with Crippen LogP contribution in [0.2, 0.25) is 23.2 Å². The predicted molar refractivity (Wildman–Crippen MR) is 125 cm³/mol. The molecule has 2 rings (SSSR count). The van der Waals surface area contributed by atoms with E-state index in [4.69, 9.17) is 20.8 Å². The van der Waals surface area contributed by atoms with E-state index in [1.165, 1.54) is 6.07 Å². The monoisotopic (exact) mass is 471 g/mol. The Kier molecular flexibility index (Phi) is 8.35. The van der Waals surface area contributed by atoms with Gasteiger partial charge in [-0.25, -0.2) is 4.79 Å². The van der Waals surface area contributed by atoms with Crippen LogP contribution >= 0.6 is 11.6 Å². The highest BCUT2D eigenvalue weighted by molar-refractivity contribution is 6.74. The molecule has 2 atom stereocenters. The molecule has 8 nitrogen and oxygen atoms in total. The molecule has 0 saturated carbocycles. The second-order valence-electron chi connectivity index (χ2n) is 9.50. The lowest BCUT2D eigenvalue weighted by Crippen LogP contribution is -2.51. The molecular weight excluding hydrogens is 438 g/mol. The lowest BCUT2D eigenvalue weighted by atomic mass is 10.1. The highest BCUT2D eigenvalue weighted by Gasteiger charge is 2.41. The highest BCUT2D eigenvalue weighted by atomic mass is 35.5. The minimum absolute atomic E-state index is 0.102. The van der Waals surface area contributed by atoms with Crippen molar-refractivity contribution in [2.45, 2.75) is 77.4 Å². The average molecular weight is 472 g/mol. The SMILES string of the molecule is C[C@@H](OC(=O)N1CCCCC1)[C@@H](Nc1ccc(Cl)cc1[N+](=O)[O-])O[Si](C)(C)C(C)(C)C. The van der Waals surface area contributed by atoms with Crippen molar-refractivity contribution in [3.63, 3.8) is 0 Å². The molecule has 31 heavy (non-hydrogen) atoms. The number of rotatable bonds is 7. The first-order valence-electron chi connectivity index (χ1n) is 10.7. The number of nitrogens with one attached hydrogen (secondary N) is 1. The molecule has 1 saturated heterocycles. The van der Waals surface area contributed by atoms with Crippen molar-refractivity contribution in [2.75, 3.05) is 18.4 Å². The Balaban J connectivity index is 2.28. The van der Waals surface area contributed by atoms with Crippen molar-refractivity contribution < 1.29 is 18.9 Å². The Labute approximate surface area is 190 Å². The van der Waals surface area contributed by atoms with Gasteiger partial charge in [-0.1, -0.05) is 32.4 Å². The van der Waals surface area contributed by atoms with Gasteiger partial charge in [0.2, 0.25) is 0 Å². The molecule has 174 valence electrons. The van der Waals surface area contributed by atoms with Gasteiger partial charge in [-0.15, -0.1) is 0 Å². The van der Waals surface area contributed by atoms with Gasteiger partial charge in [0.15, 0.2) is 14.5 Å². The lowest BCUT2D eigenvalue weighted by Gasteiger charge is -2.41. The molecule has 1 aliphatic heterocycles. The first-order valence-corrected chi connectivity index (χ1v) is 13.9. The maximum Gasteiger partial charge on any atom is 0.410 e. The second kappa shape index (κ2) is 10.2. The molecule has 1 fully saturated rings. The fourth-order valence-corrected chi connectivity index (χ4v) is 4.45. The molecule has 1 aliphatic rings. The third-order valence-corrected chi connectivity index (χ3v) is 10.7. The fourth-order valence-electron chi connectivity index (χ4n) is 3.04. The van der Waals surface area contributed by atoms with Crippen LogP contribution in [0.15, 0.2) is 18.2 Å². The zero-order chi connectivity index (χ0) is 23.4. The summed E-state index contributed by atoms with van der Waals surface area (Å²) in [5.41, 5.74) is 0.102. The first-order chi connectivity index (χ1) is 14.3. The molecule has 0 unspecified atom stereocenters. The van der Waals surface area contributed by atoms with Crippen LogP contribution in [0.1, 0.15) is 47.0 Å². The molecule has 0 aromatic heterocycles. The zero-order valence-electron chi connectivity index (χ0n) is 19.2. The largest absolute Gasteiger partial charge is 0.442 e. The highest BCUT2D eigenvalue weighted by Crippen LogP contribution is 2.38. The smallest absolute Gasteiger partial charge is 0.410 e. The number of ether oxygens (including phenoxy) is 1. The lowest BCUT2D eigenvalue weighted by molar-refractivity contribution is -0.384. The molecule has 0 spiro atoms. The Morgan fingerprint density at radius 3 is 2.42 bits per heavy atom. The molecule has 0 aliphatic carbocycles. The number of carbonyl (C=O) groups is 1. The van der Waals surface area contributed by atoms with Crippen molar-refractivity contribution in [2.24, 2.45) is 0 Å². The van der Waals surface area contributed by atoms with E-state index in [9.17, 15) is 14.9 Å². The maximum absolute atomic E-state index is 12.7. The number of carbonyl (C=O) groups excluding carboxylic acids is 1. The number of halogens is 1. The number of likely N-dealkylation sites (tertiary alicyclic amines) is 1. The topological polar surface area (TPSA) is 93.9 Å². The van der Waals surface area contributed by atoms with Gasteiger partial charge in [0.1, 0.15) is 11.8 Å². The molecule has 10 heteroatoms. The predicted octanol–water partition coefficient (Wildman–Crippen LogP) is 6.02. The van der Waals surface area contributed by atoms with E-state index in [1.54, 1.807) is 24.0 Å². The van der Waals surface area contributed by atoms with Crippen molar-refractivity contribution in [3.05, 3.63) is 33.3 Å². The van der Waals surface area contributed by atoms with Crippen LogP contribution < -0.4 is 5.32 Å². The van der Waals surface area contributed by atoms with Crippen molar-refractivity contribution in [1.29, 1.82) is 0 Å². The Morgan fingerprint density at radius 1 is 1.26 bits per heavy atom. The maximum atomic E-state index is 12.7. The van der Waals surface area contributed by atoms with Gasteiger partial charge in [0.25, 0.3) is 5.69 Å².